The summed E-state index contributed by atoms with van der Waals surface area (Å²) in [5, 5.41) is 6.09. The maximum Gasteiger partial charge on any atom is 0.262 e. The number of hydrogen-bond acceptors (Lipinski definition) is 6. The number of nitrogens with zero attached hydrogens (tertiary/aromatic N) is 3. The number of methoxy groups -OCH3 is 3. The molecule has 1 unspecified atom stereocenters. The number of ether oxygens (including phenoxy) is 3. The van der Waals surface area contributed by atoms with Crippen molar-refractivity contribution in [3.05, 3.63) is 95.3 Å². The zero-order valence-electron chi connectivity index (χ0n) is 21.6. The summed E-state index contributed by atoms with van der Waals surface area (Å²) < 4.78 is 30.1. The van der Waals surface area contributed by atoms with Crippen LogP contribution in [0, 0.1) is 5.82 Å². The van der Waals surface area contributed by atoms with E-state index >= 15 is 0 Å². The van der Waals surface area contributed by atoms with Crippen LogP contribution in [0.15, 0.2) is 77.9 Å². The number of carbonyl (C=O) groups is 2. The smallest absolute Gasteiger partial charge is 0.262 e. The van der Waals surface area contributed by atoms with E-state index in [2.05, 4.69) is 5.10 Å². The monoisotopic (exact) mass is 519 g/mol. The Kier molecular flexibility index (Phi) is 8.70. The zero-order chi connectivity index (χ0) is 27.1. The van der Waals surface area contributed by atoms with E-state index in [-0.39, 0.29) is 25.3 Å². The molecule has 0 aromatic heterocycles. The van der Waals surface area contributed by atoms with Crippen LogP contribution in [-0.2, 0) is 9.53 Å². The molecule has 198 valence electrons. The standard InChI is InChI=1S/C29H30FN3O5/c1-36-17-16-32(29(35)24-6-4-5-7-25(24)30)19-28(34)33-27(21-10-14-23(38-3)15-11-21)18-26(31-33)20-8-12-22(37-2)13-9-20/h4-15,27H,16-19H2,1-3H3. The van der Waals surface area contributed by atoms with Crippen LogP contribution < -0.4 is 9.47 Å². The average molecular weight is 520 g/mol. The van der Waals surface area contributed by atoms with Crippen LogP contribution >= 0.6 is 0 Å². The van der Waals surface area contributed by atoms with Crippen molar-refractivity contribution in [2.24, 2.45) is 5.10 Å². The third kappa shape index (κ3) is 6.00. The summed E-state index contributed by atoms with van der Waals surface area (Å²) in [5.41, 5.74) is 2.35. The van der Waals surface area contributed by atoms with Crippen LogP contribution in [-0.4, -0.2) is 68.5 Å². The predicted molar refractivity (Wildman–Crippen MR) is 141 cm³/mol. The fourth-order valence-electron chi connectivity index (χ4n) is 4.28. The van der Waals surface area contributed by atoms with Crippen LogP contribution in [0.4, 0.5) is 4.39 Å². The van der Waals surface area contributed by atoms with Crippen molar-refractivity contribution in [3.63, 3.8) is 0 Å². The van der Waals surface area contributed by atoms with Crippen molar-refractivity contribution in [1.82, 2.24) is 9.91 Å². The van der Waals surface area contributed by atoms with E-state index in [1.54, 1.807) is 20.3 Å². The summed E-state index contributed by atoms with van der Waals surface area (Å²) in [4.78, 5) is 28.1. The zero-order valence-corrected chi connectivity index (χ0v) is 21.6. The fourth-order valence-corrected chi connectivity index (χ4v) is 4.28. The molecule has 0 saturated carbocycles. The molecule has 3 aromatic rings. The van der Waals surface area contributed by atoms with Crippen LogP contribution in [0.25, 0.3) is 0 Å². The molecular weight excluding hydrogens is 489 g/mol. The van der Waals surface area contributed by atoms with Gasteiger partial charge in [0, 0.05) is 20.1 Å². The lowest BCUT2D eigenvalue weighted by Gasteiger charge is -2.27. The summed E-state index contributed by atoms with van der Waals surface area (Å²) in [6.07, 6.45) is 0.476. The maximum atomic E-state index is 14.4. The first-order valence-corrected chi connectivity index (χ1v) is 12.2. The Labute approximate surface area is 221 Å². The van der Waals surface area contributed by atoms with Gasteiger partial charge in [-0.25, -0.2) is 9.40 Å². The molecule has 8 nitrogen and oxygen atoms in total. The van der Waals surface area contributed by atoms with Gasteiger partial charge in [0.25, 0.3) is 11.8 Å². The fraction of sp³-hybridized carbons (Fsp3) is 0.276. The van der Waals surface area contributed by atoms with Crippen molar-refractivity contribution >= 4 is 17.5 Å². The highest BCUT2D eigenvalue weighted by atomic mass is 19.1. The topological polar surface area (TPSA) is 80.7 Å². The van der Waals surface area contributed by atoms with Gasteiger partial charge in [-0.3, -0.25) is 9.59 Å². The molecule has 0 saturated heterocycles. The van der Waals surface area contributed by atoms with Gasteiger partial charge in [0.1, 0.15) is 23.9 Å². The molecule has 0 N–H and O–H groups in total. The maximum absolute atomic E-state index is 14.4. The van der Waals surface area contributed by atoms with Crippen LogP contribution in [0.5, 0.6) is 11.5 Å². The molecule has 0 spiro atoms. The van der Waals surface area contributed by atoms with E-state index in [4.69, 9.17) is 14.2 Å². The van der Waals surface area contributed by atoms with Crippen molar-refractivity contribution < 1.29 is 28.2 Å². The molecule has 0 radical (unpaired) electrons. The van der Waals surface area contributed by atoms with E-state index in [0.29, 0.717) is 17.9 Å². The SMILES string of the molecule is COCCN(CC(=O)N1N=C(c2ccc(OC)cc2)CC1c1ccc(OC)cc1)C(=O)c1ccccc1F. The lowest BCUT2D eigenvalue weighted by molar-refractivity contribution is -0.133. The van der Waals surface area contributed by atoms with E-state index in [9.17, 15) is 14.0 Å². The quantitative estimate of drug-likeness (QED) is 0.399. The molecular formula is C29H30FN3O5. The summed E-state index contributed by atoms with van der Waals surface area (Å²) in [5.74, 6) is -0.220. The third-order valence-corrected chi connectivity index (χ3v) is 6.37. The minimum Gasteiger partial charge on any atom is -0.497 e. The highest BCUT2D eigenvalue weighted by molar-refractivity contribution is 6.04. The number of benzene rings is 3. The van der Waals surface area contributed by atoms with Gasteiger partial charge < -0.3 is 19.1 Å². The number of rotatable bonds is 10. The minimum atomic E-state index is -0.649. The Balaban J connectivity index is 1.64. The van der Waals surface area contributed by atoms with Gasteiger partial charge in [0.05, 0.1) is 38.1 Å². The van der Waals surface area contributed by atoms with Gasteiger partial charge in [0.2, 0.25) is 0 Å². The average Bonchev–Trinajstić information content (AvgIpc) is 3.41. The highest BCUT2D eigenvalue weighted by Gasteiger charge is 2.34. The molecule has 1 heterocycles. The Bertz CT molecular complexity index is 1290. The number of hydrogen-bond donors (Lipinski definition) is 0. The van der Waals surface area contributed by atoms with Crippen LogP contribution in [0.2, 0.25) is 0 Å². The first kappa shape index (κ1) is 26.8. The van der Waals surface area contributed by atoms with Gasteiger partial charge in [-0.15, -0.1) is 0 Å². The van der Waals surface area contributed by atoms with E-state index in [1.165, 1.54) is 35.2 Å². The Morgan fingerprint density at radius 3 is 2.18 bits per heavy atom. The Hall–Kier alpha value is -4.24. The molecule has 1 aliphatic rings. The molecule has 0 bridgehead atoms. The van der Waals surface area contributed by atoms with Gasteiger partial charge in [0.15, 0.2) is 0 Å². The molecule has 2 amide bonds. The first-order valence-electron chi connectivity index (χ1n) is 12.2. The van der Waals surface area contributed by atoms with E-state index in [0.717, 1.165) is 16.8 Å². The summed E-state index contributed by atoms with van der Waals surface area (Å²) in [7, 11) is 4.69. The van der Waals surface area contributed by atoms with Crippen LogP contribution in [0.3, 0.4) is 0 Å². The van der Waals surface area contributed by atoms with Gasteiger partial charge in [-0.05, 0) is 59.7 Å². The lowest BCUT2D eigenvalue weighted by atomic mass is 9.98. The largest absolute Gasteiger partial charge is 0.497 e. The molecule has 1 atom stereocenters. The lowest BCUT2D eigenvalue weighted by Crippen LogP contribution is -2.43. The normalized spacial score (nSPS) is 14.7. The number of hydrazone groups is 1. The second-order valence-corrected chi connectivity index (χ2v) is 8.71. The molecule has 3 aromatic carbocycles. The van der Waals surface area contributed by atoms with Gasteiger partial charge in [-0.2, -0.15) is 5.10 Å². The molecule has 1 aliphatic heterocycles. The molecule has 0 fully saturated rings. The molecule has 9 heteroatoms. The van der Waals surface area contributed by atoms with Crippen LogP contribution in [0.1, 0.15) is 33.9 Å². The van der Waals surface area contributed by atoms with E-state index in [1.807, 2.05) is 48.5 Å². The molecule has 4 rings (SSSR count). The van der Waals surface area contributed by atoms with Crippen molar-refractivity contribution in [2.75, 3.05) is 41.0 Å². The van der Waals surface area contributed by atoms with Gasteiger partial charge >= 0.3 is 0 Å². The second kappa shape index (κ2) is 12.3. The second-order valence-electron chi connectivity index (χ2n) is 8.71. The first-order chi connectivity index (χ1) is 18.4. The van der Waals surface area contributed by atoms with E-state index < -0.39 is 23.7 Å². The molecule has 38 heavy (non-hydrogen) atoms. The van der Waals surface area contributed by atoms with Crippen molar-refractivity contribution in [2.45, 2.75) is 12.5 Å². The number of carbonyl (C=O) groups excluding carboxylic acids is 2. The predicted octanol–water partition coefficient (Wildman–Crippen LogP) is 4.31. The number of amides is 2. The Morgan fingerprint density at radius 2 is 1.58 bits per heavy atom. The molecule has 0 aliphatic carbocycles. The summed E-state index contributed by atoms with van der Waals surface area (Å²) >= 11 is 0. The highest BCUT2D eigenvalue weighted by Crippen LogP contribution is 2.34. The van der Waals surface area contributed by atoms with Gasteiger partial charge in [-0.1, -0.05) is 24.3 Å². The number of halogens is 1. The third-order valence-electron chi connectivity index (χ3n) is 6.37. The minimum absolute atomic E-state index is 0.105. The van der Waals surface area contributed by atoms with Crippen molar-refractivity contribution in [1.29, 1.82) is 0 Å². The van der Waals surface area contributed by atoms with Crippen molar-refractivity contribution in [3.8, 4) is 11.5 Å². The Morgan fingerprint density at radius 1 is 0.947 bits per heavy atom. The summed E-state index contributed by atoms with van der Waals surface area (Å²) in [6.45, 7) is 0.0177. The summed E-state index contributed by atoms with van der Waals surface area (Å²) in [6, 6.07) is 20.2.